The molecule has 1 N–H and O–H groups in total. The number of nitrogens with zero attached hydrogens (tertiary/aromatic N) is 2. The quantitative estimate of drug-likeness (QED) is 0.359. The van der Waals surface area contributed by atoms with E-state index in [4.69, 9.17) is 11.6 Å². The third kappa shape index (κ3) is 6.15. The smallest absolute Gasteiger partial charge is 0.271 e. The van der Waals surface area contributed by atoms with E-state index in [9.17, 15) is 26.4 Å². The van der Waals surface area contributed by atoms with Crippen molar-refractivity contribution in [2.24, 2.45) is 5.10 Å². The third-order valence-electron chi connectivity index (χ3n) is 4.61. The van der Waals surface area contributed by atoms with E-state index >= 15 is 0 Å². The van der Waals surface area contributed by atoms with Crippen LogP contribution >= 0.6 is 11.6 Å². The summed E-state index contributed by atoms with van der Waals surface area (Å²) in [5.41, 5.74) is 2.27. The Balaban J connectivity index is 1.94. The first-order valence-corrected chi connectivity index (χ1v) is 11.6. The second kappa shape index (κ2) is 10.3. The molecule has 34 heavy (non-hydrogen) atoms. The Morgan fingerprint density at radius 2 is 1.76 bits per heavy atom. The molecule has 0 aromatic heterocycles. The number of rotatable bonds is 7. The Kier molecular flexibility index (Phi) is 7.63. The summed E-state index contributed by atoms with van der Waals surface area (Å²) in [5, 5.41) is 3.21. The van der Waals surface area contributed by atoms with E-state index < -0.39 is 39.2 Å². The van der Waals surface area contributed by atoms with Crippen molar-refractivity contribution in [1.29, 1.82) is 0 Å². The van der Waals surface area contributed by atoms with Crippen LogP contribution in [0.5, 0.6) is 0 Å². The van der Waals surface area contributed by atoms with E-state index in [0.29, 0.717) is 15.9 Å². The van der Waals surface area contributed by atoms with Crippen molar-refractivity contribution in [3.05, 3.63) is 94.5 Å². The van der Waals surface area contributed by atoms with Crippen LogP contribution in [0.1, 0.15) is 16.7 Å². The van der Waals surface area contributed by atoms with Crippen LogP contribution in [0.25, 0.3) is 0 Å². The third-order valence-corrected chi connectivity index (χ3v) is 6.72. The van der Waals surface area contributed by atoms with Crippen LogP contribution in [-0.4, -0.2) is 27.1 Å². The number of anilines is 1. The SMILES string of the molecule is Cc1cccc(/C=N\NC(=O)CN(c2ccc(Cl)c(C(F)(F)F)c2)S(=O)(=O)c2ccccc2)c1. The average molecular weight is 510 g/mol. The largest absolute Gasteiger partial charge is 0.417 e. The predicted octanol–water partition coefficient (Wildman–Crippen LogP) is 5.01. The first kappa shape index (κ1) is 25.3. The van der Waals surface area contributed by atoms with Crippen molar-refractivity contribution in [2.45, 2.75) is 18.0 Å². The normalized spacial score (nSPS) is 12.0. The van der Waals surface area contributed by atoms with Gasteiger partial charge in [-0.05, 0) is 42.8 Å². The van der Waals surface area contributed by atoms with Crippen LogP contribution in [0.3, 0.4) is 0 Å². The van der Waals surface area contributed by atoms with Crippen LogP contribution in [-0.2, 0) is 21.0 Å². The monoisotopic (exact) mass is 509 g/mol. The van der Waals surface area contributed by atoms with E-state index in [-0.39, 0.29) is 10.6 Å². The van der Waals surface area contributed by atoms with Crippen molar-refractivity contribution in [1.82, 2.24) is 5.43 Å². The minimum Gasteiger partial charge on any atom is -0.271 e. The van der Waals surface area contributed by atoms with Gasteiger partial charge in [-0.25, -0.2) is 13.8 Å². The molecule has 0 unspecified atom stereocenters. The van der Waals surface area contributed by atoms with Gasteiger partial charge < -0.3 is 0 Å². The zero-order valence-corrected chi connectivity index (χ0v) is 19.3. The van der Waals surface area contributed by atoms with Gasteiger partial charge in [0, 0.05) is 0 Å². The predicted molar refractivity (Wildman–Crippen MR) is 124 cm³/mol. The molecule has 3 aromatic rings. The fourth-order valence-electron chi connectivity index (χ4n) is 3.02. The van der Waals surface area contributed by atoms with E-state index in [1.807, 2.05) is 19.1 Å². The first-order valence-electron chi connectivity index (χ1n) is 9.81. The molecule has 0 heterocycles. The fourth-order valence-corrected chi connectivity index (χ4v) is 4.67. The number of hydrazone groups is 1. The van der Waals surface area contributed by atoms with Crippen molar-refractivity contribution < 1.29 is 26.4 Å². The summed E-state index contributed by atoms with van der Waals surface area (Å²) in [6.07, 6.45) is -3.46. The Bertz CT molecular complexity index is 1310. The van der Waals surface area contributed by atoms with E-state index in [2.05, 4.69) is 10.5 Å². The topological polar surface area (TPSA) is 78.8 Å². The number of amides is 1. The Morgan fingerprint density at radius 1 is 1.06 bits per heavy atom. The molecule has 3 aromatic carbocycles. The molecule has 178 valence electrons. The maximum Gasteiger partial charge on any atom is 0.417 e. The molecule has 0 atom stereocenters. The zero-order chi connectivity index (χ0) is 24.9. The number of sulfonamides is 1. The first-order chi connectivity index (χ1) is 16.0. The zero-order valence-electron chi connectivity index (χ0n) is 17.8. The molecule has 0 spiro atoms. The van der Waals surface area contributed by atoms with Crippen molar-refractivity contribution in [3.63, 3.8) is 0 Å². The minimum atomic E-state index is -4.82. The molecule has 0 saturated heterocycles. The lowest BCUT2D eigenvalue weighted by molar-refractivity contribution is -0.137. The van der Waals surface area contributed by atoms with Gasteiger partial charge in [-0.15, -0.1) is 0 Å². The number of benzene rings is 3. The second-order valence-corrected chi connectivity index (χ2v) is 9.46. The molecule has 1 amide bonds. The number of hydrogen-bond donors (Lipinski definition) is 1. The maximum absolute atomic E-state index is 13.4. The molecule has 0 saturated carbocycles. The molecule has 0 fully saturated rings. The molecule has 0 aliphatic carbocycles. The fraction of sp³-hybridized carbons (Fsp3) is 0.130. The van der Waals surface area contributed by atoms with Gasteiger partial charge in [0.1, 0.15) is 6.54 Å². The summed E-state index contributed by atoms with van der Waals surface area (Å²) in [6.45, 7) is 1.06. The summed E-state index contributed by atoms with van der Waals surface area (Å²) in [6, 6.07) is 16.9. The highest BCUT2D eigenvalue weighted by Gasteiger charge is 2.35. The van der Waals surface area contributed by atoms with Crippen molar-refractivity contribution in [3.8, 4) is 0 Å². The minimum absolute atomic E-state index is 0.199. The van der Waals surface area contributed by atoms with Gasteiger partial charge >= 0.3 is 6.18 Å². The van der Waals surface area contributed by atoms with Gasteiger partial charge in [-0.2, -0.15) is 18.3 Å². The van der Waals surface area contributed by atoms with Crippen LogP contribution in [0.2, 0.25) is 5.02 Å². The molecule has 3 rings (SSSR count). The van der Waals surface area contributed by atoms with Gasteiger partial charge in [0.05, 0.1) is 27.4 Å². The number of alkyl halides is 3. The molecular weight excluding hydrogens is 491 g/mol. The standard InChI is InChI=1S/C23H19ClF3N3O3S/c1-16-6-5-7-17(12-16)14-28-29-22(31)15-30(34(32,33)19-8-3-2-4-9-19)18-10-11-21(24)20(13-18)23(25,26)27/h2-14H,15H2,1H3,(H,29,31)/b28-14-. The molecule has 6 nitrogen and oxygen atoms in total. The number of nitrogens with one attached hydrogen (secondary N) is 1. The summed E-state index contributed by atoms with van der Waals surface area (Å²) in [5.74, 6) is -0.855. The number of halogens is 4. The van der Waals surface area contributed by atoms with E-state index in [0.717, 1.165) is 17.7 Å². The number of aryl methyl sites for hydroxylation is 1. The molecule has 0 aliphatic rings. The van der Waals surface area contributed by atoms with Crippen LogP contribution in [0, 0.1) is 6.92 Å². The van der Waals surface area contributed by atoms with Crippen molar-refractivity contribution in [2.75, 3.05) is 10.8 Å². The summed E-state index contributed by atoms with van der Waals surface area (Å²) in [7, 11) is -4.40. The van der Waals surface area contributed by atoms with Crippen LogP contribution in [0.4, 0.5) is 18.9 Å². The number of carbonyl (C=O) groups is 1. The van der Waals surface area contributed by atoms with E-state index in [1.54, 1.807) is 18.2 Å². The molecular formula is C23H19ClF3N3O3S. The highest BCUT2D eigenvalue weighted by Crippen LogP contribution is 2.37. The Hall–Kier alpha value is -3.37. The van der Waals surface area contributed by atoms with Crippen LogP contribution in [0.15, 0.2) is 82.8 Å². The highest BCUT2D eigenvalue weighted by atomic mass is 35.5. The molecule has 11 heteroatoms. The lowest BCUT2D eigenvalue weighted by Gasteiger charge is -2.24. The van der Waals surface area contributed by atoms with Gasteiger partial charge in [0.15, 0.2) is 0 Å². The number of carbonyl (C=O) groups excluding carboxylic acids is 1. The summed E-state index contributed by atoms with van der Waals surface area (Å²) in [4.78, 5) is 12.3. The van der Waals surface area contributed by atoms with E-state index in [1.165, 1.54) is 30.5 Å². The molecule has 0 bridgehead atoms. The second-order valence-electron chi connectivity index (χ2n) is 7.19. The number of hydrogen-bond acceptors (Lipinski definition) is 4. The lowest BCUT2D eigenvalue weighted by atomic mass is 10.2. The van der Waals surface area contributed by atoms with Gasteiger partial charge in [0.2, 0.25) is 0 Å². The average Bonchev–Trinajstić information content (AvgIpc) is 2.78. The Morgan fingerprint density at radius 3 is 2.41 bits per heavy atom. The molecule has 0 radical (unpaired) electrons. The lowest BCUT2D eigenvalue weighted by Crippen LogP contribution is -2.39. The highest BCUT2D eigenvalue weighted by molar-refractivity contribution is 7.92. The van der Waals surface area contributed by atoms with Gasteiger partial charge in [-0.1, -0.05) is 59.6 Å². The van der Waals surface area contributed by atoms with Gasteiger partial charge in [-0.3, -0.25) is 9.10 Å². The summed E-state index contributed by atoms with van der Waals surface area (Å²) >= 11 is 5.67. The summed E-state index contributed by atoms with van der Waals surface area (Å²) < 4.78 is 67.2. The molecule has 0 aliphatic heterocycles. The Labute approximate surface area is 199 Å². The van der Waals surface area contributed by atoms with Crippen molar-refractivity contribution >= 4 is 39.4 Å². The van der Waals surface area contributed by atoms with Gasteiger partial charge in [0.25, 0.3) is 15.9 Å². The van der Waals surface area contributed by atoms with Crippen LogP contribution < -0.4 is 9.73 Å². The maximum atomic E-state index is 13.4.